The van der Waals surface area contributed by atoms with Crippen molar-refractivity contribution in [2.75, 3.05) is 6.93 Å². The lowest BCUT2D eigenvalue weighted by Gasteiger charge is -2.11. The van der Waals surface area contributed by atoms with E-state index in [1.54, 1.807) is 0 Å². The molecule has 0 saturated carbocycles. The Morgan fingerprint density at radius 2 is 1.75 bits per heavy atom. The van der Waals surface area contributed by atoms with E-state index in [-0.39, 0.29) is 11.1 Å². The number of carboxylic acids is 1. The fraction of sp³-hybridized carbons (Fsp3) is 0.250. The van der Waals surface area contributed by atoms with Crippen LogP contribution >= 0.6 is 0 Å². The number of carbonyl (C=O) groups is 1. The lowest BCUT2D eigenvalue weighted by molar-refractivity contribution is -0.138. The molecule has 0 aromatic heterocycles. The van der Waals surface area contributed by atoms with Crippen molar-refractivity contribution < 1.29 is 36.2 Å². The molecule has 0 amide bonds. The van der Waals surface area contributed by atoms with Gasteiger partial charge in [0.15, 0.2) is 0 Å². The monoisotopic (exact) mass is 300 g/mol. The minimum absolute atomic E-state index is 0.107. The van der Waals surface area contributed by atoms with Crippen LogP contribution in [0, 0.1) is 0 Å². The Kier molecular flexibility index (Phi) is 7.42. The Morgan fingerprint density at radius 1 is 1.20 bits per heavy atom. The summed E-state index contributed by atoms with van der Waals surface area (Å²) in [6.45, 7) is -2.76. The molecule has 0 saturated heterocycles. The van der Waals surface area contributed by atoms with Crippen molar-refractivity contribution in [2.24, 2.45) is 0 Å². The van der Waals surface area contributed by atoms with Gasteiger partial charge in [0.2, 0.25) is 6.93 Å². The summed E-state index contributed by atoms with van der Waals surface area (Å²) in [5, 5.41) is 8.34. The third-order valence-electron chi connectivity index (χ3n) is 1.98. The van der Waals surface area contributed by atoms with E-state index in [0.29, 0.717) is 12.1 Å². The molecule has 0 fully saturated rings. The second kappa shape index (κ2) is 8.23. The molecule has 1 aromatic rings. The van der Waals surface area contributed by atoms with Crippen LogP contribution < -0.4 is 0 Å². The largest absolute Gasteiger partial charge is 0.478 e. The van der Waals surface area contributed by atoms with Crippen molar-refractivity contribution in [2.45, 2.75) is 12.9 Å². The third-order valence-corrected chi connectivity index (χ3v) is 1.98. The number of benzene rings is 1. The predicted octanol–water partition coefficient (Wildman–Crippen LogP) is 4.16. The molecule has 0 heterocycles. The minimum atomic E-state index is -4.65. The Morgan fingerprint density at radius 3 is 2.15 bits per heavy atom. The van der Waals surface area contributed by atoms with Crippen LogP contribution in [0.15, 0.2) is 24.3 Å². The molecule has 2 nitrogen and oxygen atoms in total. The fourth-order valence-corrected chi connectivity index (χ4v) is 1.24. The first-order valence-corrected chi connectivity index (χ1v) is 5.05. The fourth-order valence-electron chi connectivity index (χ4n) is 1.24. The summed E-state index contributed by atoms with van der Waals surface area (Å²) in [7, 11) is 0. The van der Waals surface area contributed by atoms with Gasteiger partial charge in [-0.05, 0) is 23.3 Å². The molecule has 20 heavy (non-hydrogen) atoms. The molecular weight excluding hydrogens is 290 g/mol. The Bertz CT molecular complexity index is 468. The van der Waals surface area contributed by atoms with E-state index in [1.807, 2.05) is 0 Å². The van der Waals surface area contributed by atoms with Crippen LogP contribution in [0.5, 0.6) is 0 Å². The third kappa shape index (κ3) is 6.26. The number of rotatable bonds is 3. The topological polar surface area (TPSA) is 37.3 Å². The molecule has 0 bridgehead atoms. The molecule has 0 aliphatic carbocycles. The molecule has 1 N–H and O–H groups in total. The molecular formula is C12H10F6O2. The van der Waals surface area contributed by atoms with E-state index in [1.165, 1.54) is 6.07 Å². The summed E-state index contributed by atoms with van der Waals surface area (Å²) in [5.74, 6) is -1.35. The van der Waals surface area contributed by atoms with Gasteiger partial charge in [0.05, 0.1) is 5.56 Å². The summed E-state index contributed by atoms with van der Waals surface area (Å²) in [5.41, 5.74) is -1.47. The van der Waals surface area contributed by atoms with E-state index in [0.717, 1.165) is 12.1 Å². The lowest BCUT2D eigenvalue weighted by atomic mass is 10.0. The average Bonchev–Trinajstić information content (AvgIpc) is 2.36. The number of hydrogen-bond donors (Lipinski definition) is 1. The highest BCUT2D eigenvalue weighted by Crippen LogP contribution is 2.33. The molecule has 0 unspecified atom stereocenters. The normalized spacial score (nSPS) is 11.1. The van der Waals surface area contributed by atoms with Gasteiger partial charge in [-0.3, -0.25) is 0 Å². The van der Waals surface area contributed by atoms with Gasteiger partial charge < -0.3 is 5.11 Å². The molecule has 0 spiro atoms. The number of carboxylic acid groups (broad SMARTS) is 1. The van der Waals surface area contributed by atoms with Crippen molar-refractivity contribution >= 4 is 12.0 Å². The zero-order chi connectivity index (χ0) is 15.8. The van der Waals surface area contributed by atoms with Gasteiger partial charge in [0.1, 0.15) is 6.67 Å². The van der Waals surface area contributed by atoms with Crippen LogP contribution in [-0.2, 0) is 17.6 Å². The number of halogens is 6. The van der Waals surface area contributed by atoms with Crippen molar-refractivity contribution in [3.63, 3.8) is 0 Å². The van der Waals surface area contributed by atoms with Crippen molar-refractivity contribution in [3.05, 3.63) is 41.0 Å². The lowest BCUT2D eigenvalue weighted by Crippen LogP contribution is -2.08. The molecule has 8 heteroatoms. The summed E-state index contributed by atoms with van der Waals surface area (Å²) in [6, 6.07) is 2.88. The van der Waals surface area contributed by atoms with E-state index in [9.17, 15) is 31.1 Å². The van der Waals surface area contributed by atoms with Crippen LogP contribution in [-0.4, -0.2) is 18.0 Å². The Labute approximate surface area is 110 Å². The minimum Gasteiger partial charge on any atom is -0.478 e. The van der Waals surface area contributed by atoms with Crippen LogP contribution in [0.3, 0.4) is 0 Å². The summed E-state index contributed by atoms with van der Waals surface area (Å²) in [6.07, 6.45) is -3.23. The number of hydrogen-bond acceptors (Lipinski definition) is 1. The Hall–Kier alpha value is -1.99. The second-order valence-electron chi connectivity index (χ2n) is 3.33. The van der Waals surface area contributed by atoms with Gasteiger partial charge in [-0.2, -0.15) is 13.2 Å². The summed E-state index contributed by atoms with van der Waals surface area (Å²) < 4.78 is 69.3. The quantitative estimate of drug-likeness (QED) is 0.672. The highest BCUT2D eigenvalue weighted by atomic mass is 19.4. The van der Waals surface area contributed by atoms with E-state index in [2.05, 4.69) is 0 Å². The maximum absolute atomic E-state index is 12.6. The SMILES string of the molecule is FCF.O=C(O)/C=C/c1ccc(CF)cc1C(F)(F)F. The van der Waals surface area contributed by atoms with Crippen LogP contribution in [0.1, 0.15) is 16.7 Å². The zero-order valence-electron chi connectivity index (χ0n) is 9.92. The van der Waals surface area contributed by atoms with Gasteiger partial charge in [-0.15, -0.1) is 0 Å². The molecule has 0 aliphatic heterocycles. The van der Waals surface area contributed by atoms with Crippen LogP contribution in [0.2, 0.25) is 0 Å². The number of alkyl halides is 6. The van der Waals surface area contributed by atoms with Gasteiger partial charge >= 0.3 is 12.1 Å². The smallest absolute Gasteiger partial charge is 0.416 e. The molecule has 0 aliphatic rings. The predicted molar refractivity (Wildman–Crippen MR) is 60.0 cm³/mol. The first-order valence-electron chi connectivity index (χ1n) is 5.05. The van der Waals surface area contributed by atoms with Gasteiger partial charge in [0.25, 0.3) is 0 Å². The molecule has 1 rings (SSSR count). The van der Waals surface area contributed by atoms with E-state index in [4.69, 9.17) is 5.11 Å². The van der Waals surface area contributed by atoms with E-state index >= 15 is 0 Å². The van der Waals surface area contributed by atoms with Gasteiger partial charge in [-0.25, -0.2) is 18.0 Å². The van der Waals surface area contributed by atoms with Crippen LogP contribution in [0.4, 0.5) is 26.3 Å². The standard InChI is InChI=1S/C11H8F4O2.CH2F2/c12-6-7-1-2-8(3-4-10(16)17)9(5-7)11(13,14)15;2-1-3/h1-5H,6H2,(H,16,17);1H2/b4-3+;. The Balaban J connectivity index is 0.00000110. The highest BCUT2D eigenvalue weighted by molar-refractivity contribution is 5.85. The molecule has 112 valence electrons. The van der Waals surface area contributed by atoms with E-state index < -0.39 is 31.3 Å². The average molecular weight is 300 g/mol. The van der Waals surface area contributed by atoms with Crippen molar-refractivity contribution in [1.82, 2.24) is 0 Å². The van der Waals surface area contributed by atoms with Crippen LogP contribution in [0.25, 0.3) is 6.08 Å². The maximum Gasteiger partial charge on any atom is 0.416 e. The van der Waals surface area contributed by atoms with Crippen molar-refractivity contribution in [1.29, 1.82) is 0 Å². The molecule has 1 aromatic carbocycles. The first-order chi connectivity index (χ1) is 9.26. The maximum atomic E-state index is 12.6. The second-order valence-corrected chi connectivity index (χ2v) is 3.33. The molecule has 0 radical (unpaired) electrons. The van der Waals surface area contributed by atoms with Gasteiger partial charge in [-0.1, -0.05) is 12.1 Å². The number of aliphatic carboxylic acids is 1. The summed E-state index contributed by atoms with van der Waals surface area (Å²) >= 11 is 0. The zero-order valence-corrected chi connectivity index (χ0v) is 9.92. The first kappa shape index (κ1) is 18.0. The van der Waals surface area contributed by atoms with Crippen molar-refractivity contribution in [3.8, 4) is 0 Å². The molecule has 0 atom stereocenters. The summed E-state index contributed by atoms with van der Waals surface area (Å²) in [4.78, 5) is 10.2. The highest BCUT2D eigenvalue weighted by Gasteiger charge is 2.32. The van der Waals surface area contributed by atoms with Gasteiger partial charge in [0, 0.05) is 6.08 Å².